The maximum absolute atomic E-state index is 12.4. The van der Waals surface area contributed by atoms with Crippen LogP contribution in [0.4, 0.5) is 13.2 Å². The zero-order valence-electron chi connectivity index (χ0n) is 10.3. The third-order valence-electron chi connectivity index (χ3n) is 2.54. The van der Waals surface area contributed by atoms with Crippen molar-refractivity contribution in [1.82, 2.24) is 15.2 Å². The average Bonchev–Trinajstić information content (AvgIpc) is 2.77. The lowest BCUT2D eigenvalue weighted by Gasteiger charge is -2.11. The van der Waals surface area contributed by atoms with E-state index in [2.05, 4.69) is 15.2 Å². The summed E-state index contributed by atoms with van der Waals surface area (Å²) in [5.41, 5.74) is -1.47. The van der Waals surface area contributed by atoms with Crippen LogP contribution in [0.15, 0.2) is 24.3 Å². The summed E-state index contributed by atoms with van der Waals surface area (Å²) in [6.45, 7) is 3.06. The van der Waals surface area contributed by atoms with Crippen LogP contribution < -0.4 is 0 Å². The molecule has 0 fully saturated rings. The predicted octanol–water partition coefficient (Wildman–Crippen LogP) is 2.72. The number of benzene rings is 1. The fourth-order valence-electron chi connectivity index (χ4n) is 1.47. The second-order valence-electron chi connectivity index (χ2n) is 4.64. The van der Waals surface area contributed by atoms with Crippen LogP contribution in [0.25, 0.3) is 11.4 Å². The van der Waals surface area contributed by atoms with Crippen LogP contribution in [0, 0.1) is 0 Å². The highest BCUT2D eigenvalue weighted by Gasteiger charge is 2.30. The second kappa shape index (κ2) is 4.34. The van der Waals surface area contributed by atoms with Crippen LogP contribution in [0.2, 0.25) is 0 Å². The first-order valence-corrected chi connectivity index (χ1v) is 5.51. The largest absolute Gasteiger partial charge is 0.416 e. The molecule has 2 N–H and O–H groups in total. The molecular formula is C12H12F3N3O. The van der Waals surface area contributed by atoms with Crippen molar-refractivity contribution >= 4 is 0 Å². The lowest BCUT2D eigenvalue weighted by molar-refractivity contribution is -0.137. The molecule has 0 atom stereocenters. The summed E-state index contributed by atoms with van der Waals surface area (Å²) >= 11 is 0. The van der Waals surface area contributed by atoms with Gasteiger partial charge in [0.15, 0.2) is 11.6 Å². The number of hydrogen-bond acceptors (Lipinski definition) is 3. The number of H-pyrrole nitrogens is 1. The van der Waals surface area contributed by atoms with Crippen LogP contribution in [-0.2, 0) is 11.8 Å². The molecule has 0 amide bonds. The quantitative estimate of drug-likeness (QED) is 0.882. The van der Waals surface area contributed by atoms with E-state index in [0.717, 1.165) is 12.1 Å². The van der Waals surface area contributed by atoms with Crippen LogP contribution >= 0.6 is 0 Å². The first-order valence-electron chi connectivity index (χ1n) is 5.51. The molecule has 0 radical (unpaired) electrons. The van der Waals surface area contributed by atoms with Gasteiger partial charge in [-0.05, 0) is 26.0 Å². The van der Waals surface area contributed by atoms with Gasteiger partial charge in [0.05, 0.1) is 5.56 Å². The number of alkyl halides is 3. The second-order valence-corrected chi connectivity index (χ2v) is 4.64. The molecule has 2 aromatic rings. The number of hydrogen-bond donors (Lipinski definition) is 2. The lowest BCUT2D eigenvalue weighted by atomic mass is 10.1. The Bertz CT molecular complexity index is 567. The topological polar surface area (TPSA) is 61.8 Å². The van der Waals surface area contributed by atoms with Gasteiger partial charge in [-0.25, -0.2) is 4.98 Å². The third kappa shape index (κ3) is 2.93. The molecule has 7 heteroatoms. The number of halogens is 3. The third-order valence-corrected chi connectivity index (χ3v) is 2.54. The number of nitrogens with zero attached hydrogens (tertiary/aromatic N) is 2. The summed E-state index contributed by atoms with van der Waals surface area (Å²) in [7, 11) is 0. The van der Waals surface area contributed by atoms with Gasteiger partial charge in [-0.3, -0.25) is 5.10 Å². The molecule has 0 bridgehead atoms. The van der Waals surface area contributed by atoms with Gasteiger partial charge in [-0.1, -0.05) is 12.1 Å². The van der Waals surface area contributed by atoms with Gasteiger partial charge in [0.1, 0.15) is 5.60 Å². The number of aromatic nitrogens is 3. The van der Waals surface area contributed by atoms with Gasteiger partial charge < -0.3 is 5.11 Å². The molecule has 0 spiro atoms. The van der Waals surface area contributed by atoms with Crippen molar-refractivity contribution < 1.29 is 18.3 Å². The summed E-state index contributed by atoms with van der Waals surface area (Å²) in [5.74, 6) is 0.494. The van der Waals surface area contributed by atoms with Gasteiger partial charge in [-0.15, -0.1) is 0 Å². The SMILES string of the molecule is CC(C)(O)c1nc(-c2ccc(C(F)(F)F)cc2)n[nH]1. The van der Waals surface area contributed by atoms with Crippen molar-refractivity contribution in [3.8, 4) is 11.4 Å². The van der Waals surface area contributed by atoms with Gasteiger partial charge in [0.25, 0.3) is 0 Å². The first-order chi connectivity index (χ1) is 8.68. The van der Waals surface area contributed by atoms with E-state index >= 15 is 0 Å². The Hall–Kier alpha value is -1.89. The molecule has 0 aliphatic carbocycles. The number of aliphatic hydroxyl groups is 1. The van der Waals surface area contributed by atoms with Crippen LogP contribution in [0.5, 0.6) is 0 Å². The summed E-state index contributed by atoms with van der Waals surface area (Å²) < 4.78 is 37.2. The molecule has 0 aliphatic heterocycles. The van der Waals surface area contributed by atoms with Crippen LogP contribution in [-0.4, -0.2) is 20.3 Å². The molecule has 19 heavy (non-hydrogen) atoms. The fraction of sp³-hybridized carbons (Fsp3) is 0.333. The smallest absolute Gasteiger partial charge is 0.382 e. The van der Waals surface area contributed by atoms with E-state index in [4.69, 9.17) is 0 Å². The Morgan fingerprint density at radius 1 is 1.11 bits per heavy atom. The zero-order valence-corrected chi connectivity index (χ0v) is 10.3. The minimum atomic E-state index is -4.37. The van der Waals surface area contributed by atoms with Gasteiger partial charge in [-0.2, -0.15) is 18.3 Å². The molecule has 102 valence electrons. The standard InChI is InChI=1S/C12H12F3N3O/c1-11(2,19)10-16-9(17-18-10)7-3-5-8(6-4-7)12(13,14)15/h3-6,19H,1-2H3,(H,16,17,18). The van der Waals surface area contributed by atoms with E-state index in [1.165, 1.54) is 26.0 Å². The highest BCUT2D eigenvalue weighted by atomic mass is 19.4. The maximum atomic E-state index is 12.4. The molecule has 0 unspecified atom stereocenters. The van der Waals surface area contributed by atoms with Gasteiger partial charge >= 0.3 is 6.18 Å². The maximum Gasteiger partial charge on any atom is 0.416 e. The minimum absolute atomic E-state index is 0.242. The van der Waals surface area contributed by atoms with Crippen molar-refractivity contribution in [2.75, 3.05) is 0 Å². The molecule has 1 heterocycles. The van der Waals surface area contributed by atoms with Crippen molar-refractivity contribution in [3.63, 3.8) is 0 Å². The Morgan fingerprint density at radius 2 is 1.68 bits per heavy atom. The molecule has 2 rings (SSSR count). The number of rotatable bonds is 2. The van der Waals surface area contributed by atoms with E-state index in [1.54, 1.807) is 0 Å². The normalized spacial score (nSPS) is 12.7. The van der Waals surface area contributed by atoms with Crippen molar-refractivity contribution in [2.24, 2.45) is 0 Å². The molecule has 1 aromatic carbocycles. The number of nitrogens with one attached hydrogen (secondary N) is 1. The first kappa shape index (κ1) is 13.5. The van der Waals surface area contributed by atoms with E-state index in [0.29, 0.717) is 5.56 Å². The van der Waals surface area contributed by atoms with Gasteiger partial charge in [0.2, 0.25) is 0 Å². The molecule has 4 nitrogen and oxygen atoms in total. The number of aromatic amines is 1. The van der Waals surface area contributed by atoms with Crippen molar-refractivity contribution in [1.29, 1.82) is 0 Å². The monoisotopic (exact) mass is 271 g/mol. The molecular weight excluding hydrogens is 259 g/mol. The minimum Gasteiger partial charge on any atom is -0.382 e. The summed E-state index contributed by atoms with van der Waals surface area (Å²) in [6.07, 6.45) is -4.37. The van der Waals surface area contributed by atoms with E-state index in [9.17, 15) is 18.3 Å². The molecule has 0 saturated heterocycles. The summed E-state index contributed by atoms with van der Waals surface area (Å²) in [6, 6.07) is 4.52. The Morgan fingerprint density at radius 3 is 2.11 bits per heavy atom. The molecule has 0 aliphatic rings. The van der Waals surface area contributed by atoms with Gasteiger partial charge in [0, 0.05) is 5.56 Å². The summed E-state index contributed by atoms with van der Waals surface area (Å²) in [5, 5.41) is 16.1. The highest BCUT2D eigenvalue weighted by Crippen LogP contribution is 2.30. The fourth-order valence-corrected chi connectivity index (χ4v) is 1.47. The zero-order chi connectivity index (χ0) is 14.3. The van der Waals surface area contributed by atoms with Crippen molar-refractivity contribution in [3.05, 3.63) is 35.7 Å². The van der Waals surface area contributed by atoms with Crippen LogP contribution in [0.1, 0.15) is 25.2 Å². The molecule has 1 aromatic heterocycles. The van der Waals surface area contributed by atoms with E-state index < -0.39 is 17.3 Å². The Labute approximate surface area is 107 Å². The van der Waals surface area contributed by atoms with E-state index in [-0.39, 0.29) is 11.6 Å². The molecule has 0 saturated carbocycles. The summed E-state index contributed by atoms with van der Waals surface area (Å²) in [4.78, 5) is 4.05. The highest BCUT2D eigenvalue weighted by molar-refractivity contribution is 5.55. The Kier molecular flexibility index (Phi) is 3.09. The van der Waals surface area contributed by atoms with Crippen LogP contribution in [0.3, 0.4) is 0 Å². The van der Waals surface area contributed by atoms with Crippen molar-refractivity contribution in [2.45, 2.75) is 25.6 Å². The Balaban J connectivity index is 2.31. The average molecular weight is 271 g/mol. The predicted molar refractivity (Wildman–Crippen MR) is 62.1 cm³/mol. The lowest BCUT2D eigenvalue weighted by Crippen LogP contribution is -2.17. The van der Waals surface area contributed by atoms with E-state index in [1.807, 2.05) is 0 Å².